The molecule has 1 saturated heterocycles. The SMILES string of the molecule is CCc1ccc(CNCN2CCN(CC(C)C(CC)(c3ccccc3)C3CCCC3)CC2)cc1. The smallest absolute Gasteiger partial charge is 0.0484 e. The van der Waals surface area contributed by atoms with Crippen molar-refractivity contribution >= 4 is 0 Å². The lowest BCUT2D eigenvalue weighted by molar-refractivity contribution is 0.0780. The predicted molar refractivity (Wildman–Crippen MR) is 145 cm³/mol. The minimum Gasteiger partial charge on any atom is -0.300 e. The topological polar surface area (TPSA) is 18.5 Å². The van der Waals surface area contributed by atoms with E-state index >= 15 is 0 Å². The van der Waals surface area contributed by atoms with Crippen molar-refractivity contribution in [2.24, 2.45) is 11.8 Å². The van der Waals surface area contributed by atoms with Crippen LogP contribution in [0.3, 0.4) is 0 Å². The number of hydrogen-bond donors (Lipinski definition) is 1. The molecule has 2 fully saturated rings. The van der Waals surface area contributed by atoms with Crippen molar-refractivity contribution in [1.82, 2.24) is 15.1 Å². The van der Waals surface area contributed by atoms with Crippen LogP contribution in [0.1, 0.15) is 69.6 Å². The maximum Gasteiger partial charge on any atom is 0.0484 e. The van der Waals surface area contributed by atoms with E-state index in [1.54, 1.807) is 5.56 Å². The molecule has 0 amide bonds. The fraction of sp³-hybridized carbons (Fsp3) is 0.613. The van der Waals surface area contributed by atoms with Crippen molar-refractivity contribution < 1.29 is 0 Å². The summed E-state index contributed by atoms with van der Waals surface area (Å²) in [6, 6.07) is 20.6. The van der Waals surface area contributed by atoms with E-state index in [0.29, 0.717) is 11.3 Å². The van der Waals surface area contributed by atoms with Crippen molar-refractivity contribution in [2.45, 2.75) is 71.3 Å². The first kappa shape index (κ1) is 25.4. The quantitative estimate of drug-likeness (QED) is 0.437. The second-order valence-electron chi connectivity index (χ2n) is 10.8. The zero-order chi connectivity index (χ0) is 23.8. The van der Waals surface area contributed by atoms with E-state index in [0.717, 1.165) is 25.6 Å². The van der Waals surface area contributed by atoms with Gasteiger partial charge in [-0.15, -0.1) is 0 Å². The van der Waals surface area contributed by atoms with Gasteiger partial charge in [-0.1, -0.05) is 88.2 Å². The number of nitrogens with one attached hydrogen (secondary N) is 1. The lowest BCUT2D eigenvalue weighted by Gasteiger charge is -2.47. The number of piperazine rings is 1. The van der Waals surface area contributed by atoms with Gasteiger partial charge >= 0.3 is 0 Å². The van der Waals surface area contributed by atoms with E-state index < -0.39 is 0 Å². The van der Waals surface area contributed by atoms with Gasteiger partial charge in [0.15, 0.2) is 0 Å². The molecule has 2 unspecified atom stereocenters. The van der Waals surface area contributed by atoms with Crippen molar-refractivity contribution in [2.75, 3.05) is 39.4 Å². The molecule has 1 aliphatic heterocycles. The molecule has 0 aromatic heterocycles. The van der Waals surface area contributed by atoms with E-state index in [-0.39, 0.29) is 0 Å². The molecule has 2 aliphatic rings. The van der Waals surface area contributed by atoms with E-state index in [4.69, 9.17) is 0 Å². The molecule has 4 rings (SSSR count). The molecule has 1 saturated carbocycles. The van der Waals surface area contributed by atoms with Crippen molar-refractivity contribution in [3.05, 3.63) is 71.3 Å². The summed E-state index contributed by atoms with van der Waals surface area (Å²) < 4.78 is 0. The maximum absolute atomic E-state index is 3.66. The summed E-state index contributed by atoms with van der Waals surface area (Å²) in [5, 5.41) is 3.66. The molecule has 3 nitrogen and oxygen atoms in total. The summed E-state index contributed by atoms with van der Waals surface area (Å²) in [5.74, 6) is 1.52. The Bertz CT molecular complexity index is 835. The van der Waals surface area contributed by atoms with Gasteiger partial charge in [0.25, 0.3) is 0 Å². The zero-order valence-electron chi connectivity index (χ0n) is 21.9. The number of rotatable bonds is 11. The molecular formula is C31H47N3. The Balaban J connectivity index is 1.29. The highest BCUT2D eigenvalue weighted by molar-refractivity contribution is 5.28. The molecule has 2 aromatic rings. The van der Waals surface area contributed by atoms with E-state index in [2.05, 4.69) is 90.5 Å². The van der Waals surface area contributed by atoms with Crippen LogP contribution in [-0.4, -0.2) is 49.2 Å². The maximum atomic E-state index is 3.66. The van der Waals surface area contributed by atoms with Crippen LogP contribution in [0.15, 0.2) is 54.6 Å². The van der Waals surface area contributed by atoms with E-state index in [1.807, 2.05) is 0 Å². The molecule has 34 heavy (non-hydrogen) atoms. The van der Waals surface area contributed by atoms with Gasteiger partial charge in [-0.2, -0.15) is 0 Å². The van der Waals surface area contributed by atoms with Crippen LogP contribution in [0, 0.1) is 11.8 Å². The first-order chi connectivity index (χ1) is 16.7. The van der Waals surface area contributed by atoms with Crippen molar-refractivity contribution in [1.29, 1.82) is 0 Å². The van der Waals surface area contributed by atoms with Crippen molar-refractivity contribution in [3.63, 3.8) is 0 Å². The third-order valence-corrected chi connectivity index (χ3v) is 8.95. The summed E-state index contributed by atoms with van der Waals surface area (Å²) in [5.41, 5.74) is 4.71. The molecule has 3 heteroatoms. The summed E-state index contributed by atoms with van der Waals surface area (Å²) in [4.78, 5) is 5.33. The Kier molecular flexibility index (Phi) is 9.22. The predicted octanol–water partition coefficient (Wildman–Crippen LogP) is 6.09. The first-order valence-electron chi connectivity index (χ1n) is 13.9. The molecular weight excluding hydrogens is 414 g/mol. The summed E-state index contributed by atoms with van der Waals surface area (Å²) in [6.07, 6.45) is 8.02. The summed E-state index contributed by atoms with van der Waals surface area (Å²) in [7, 11) is 0. The lowest BCUT2D eigenvalue weighted by atomic mass is 9.60. The van der Waals surface area contributed by atoms with Crippen LogP contribution in [0.25, 0.3) is 0 Å². The van der Waals surface area contributed by atoms with Crippen molar-refractivity contribution in [3.8, 4) is 0 Å². The van der Waals surface area contributed by atoms with Crippen LogP contribution >= 0.6 is 0 Å². The molecule has 2 atom stereocenters. The van der Waals surface area contributed by atoms with E-state index in [9.17, 15) is 0 Å². The Morgan fingerprint density at radius 2 is 1.47 bits per heavy atom. The number of benzene rings is 2. The van der Waals surface area contributed by atoms with Gasteiger partial charge in [0, 0.05) is 51.4 Å². The fourth-order valence-corrected chi connectivity index (χ4v) is 6.88. The molecule has 1 N–H and O–H groups in total. The first-order valence-corrected chi connectivity index (χ1v) is 13.9. The third kappa shape index (κ3) is 5.93. The van der Waals surface area contributed by atoms with Crippen LogP contribution < -0.4 is 5.32 Å². The minimum atomic E-state index is 0.323. The van der Waals surface area contributed by atoms with Gasteiger partial charge in [-0.25, -0.2) is 0 Å². The monoisotopic (exact) mass is 461 g/mol. The molecule has 1 heterocycles. The molecule has 1 aliphatic carbocycles. The Morgan fingerprint density at radius 1 is 0.853 bits per heavy atom. The average Bonchev–Trinajstić information content (AvgIpc) is 3.42. The molecule has 2 aromatic carbocycles. The number of aryl methyl sites for hydroxylation is 1. The third-order valence-electron chi connectivity index (χ3n) is 8.95. The molecule has 0 spiro atoms. The van der Waals surface area contributed by atoms with Crippen LogP contribution in [0.5, 0.6) is 0 Å². The van der Waals surface area contributed by atoms with Gasteiger partial charge < -0.3 is 10.2 Å². The highest BCUT2D eigenvalue weighted by Gasteiger charge is 2.44. The van der Waals surface area contributed by atoms with Gasteiger partial charge in [0.05, 0.1) is 0 Å². The van der Waals surface area contributed by atoms with E-state index in [1.165, 1.54) is 76.0 Å². The van der Waals surface area contributed by atoms with Crippen LogP contribution in [-0.2, 0) is 18.4 Å². The Hall–Kier alpha value is -1.68. The highest BCUT2D eigenvalue weighted by atomic mass is 15.3. The minimum absolute atomic E-state index is 0.323. The number of hydrogen-bond acceptors (Lipinski definition) is 3. The van der Waals surface area contributed by atoms with Gasteiger partial charge in [-0.3, -0.25) is 4.90 Å². The zero-order valence-corrected chi connectivity index (χ0v) is 21.9. The molecule has 186 valence electrons. The second kappa shape index (κ2) is 12.3. The van der Waals surface area contributed by atoms with Gasteiger partial charge in [0.1, 0.15) is 0 Å². The van der Waals surface area contributed by atoms with Crippen LogP contribution in [0.2, 0.25) is 0 Å². The highest BCUT2D eigenvalue weighted by Crippen LogP contribution is 2.49. The number of nitrogens with zero attached hydrogens (tertiary/aromatic N) is 2. The summed E-state index contributed by atoms with van der Waals surface area (Å²) >= 11 is 0. The van der Waals surface area contributed by atoms with Gasteiger partial charge in [0.2, 0.25) is 0 Å². The average molecular weight is 462 g/mol. The molecule has 0 radical (unpaired) electrons. The normalized spacial score (nSPS) is 20.9. The Labute approximate surface area is 208 Å². The molecule has 0 bridgehead atoms. The Morgan fingerprint density at radius 3 is 2.09 bits per heavy atom. The van der Waals surface area contributed by atoms with Gasteiger partial charge in [-0.05, 0) is 54.2 Å². The fourth-order valence-electron chi connectivity index (χ4n) is 6.88. The lowest BCUT2D eigenvalue weighted by Crippen LogP contribution is -2.52. The standard InChI is InChI=1S/C31H47N3/c1-4-27-15-17-28(18-16-27)23-32-25-34-21-19-33(20-22-34)24-26(3)31(5-2,30-13-9-10-14-30)29-11-7-6-8-12-29/h6-8,11-12,15-18,26,30,32H,4-5,9-10,13-14,19-25H2,1-3H3. The van der Waals surface area contributed by atoms with Crippen LogP contribution in [0.4, 0.5) is 0 Å². The largest absolute Gasteiger partial charge is 0.300 e. The second-order valence-corrected chi connectivity index (χ2v) is 10.8. The summed E-state index contributed by atoms with van der Waals surface area (Å²) in [6.45, 7) is 15.1.